The van der Waals surface area contributed by atoms with Crippen LogP contribution in [0.25, 0.3) is 0 Å². The largest absolute Gasteiger partial charge is 0.462 e. The molecule has 1 rings (SSSR count). The summed E-state index contributed by atoms with van der Waals surface area (Å²) in [4.78, 5) is 11.2. The van der Waals surface area contributed by atoms with E-state index in [1.54, 1.807) is 13.0 Å². The Labute approximate surface area is 119 Å². The predicted molar refractivity (Wildman–Crippen MR) is 66.7 cm³/mol. The number of halogens is 4. The second kappa shape index (κ2) is 6.30. The summed E-state index contributed by atoms with van der Waals surface area (Å²) < 4.78 is 41.8. The van der Waals surface area contributed by atoms with Crippen LogP contribution in [0, 0.1) is 11.3 Å². The highest BCUT2D eigenvalue weighted by atomic mass is 79.9. The topological polar surface area (TPSA) is 50.1 Å². The molecule has 8 heteroatoms. The molecule has 0 aliphatic heterocycles. The highest BCUT2D eigenvalue weighted by Gasteiger charge is 2.32. The molecule has 0 amide bonds. The normalized spacial score (nSPS) is 10.9. The number of hydrogen-bond acceptors (Lipinski definition) is 4. The molecular formula is C11H7BrF3NO2S. The van der Waals surface area contributed by atoms with Crippen molar-refractivity contribution in [2.24, 2.45) is 0 Å². The summed E-state index contributed by atoms with van der Waals surface area (Å²) in [7, 11) is 0. The third-order valence-corrected chi connectivity index (χ3v) is 3.66. The van der Waals surface area contributed by atoms with Crippen molar-refractivity contribution >= 4 is 33.7 Å². The molecule has 0 aliphatic carbocycles. The van der Waals surface area contributed by atoms with E-state index in [9.17, 15) is 18.0 Å². The van der Waals surface area contributed by atoms with Crippen LogP contribution in [0.2, 0.25) is 0 Å². The molecule has 1 aromatic rings. The fraction of sp³-hybridized carbons (Fsp3) is 0.273. The Hall–Kier alpha value is -1.20. The van der Waals surface area contributed by atoms with Gasteiger partial charge in [-0.25, -0.2) is 4.79 Å². The van der Waals surface area contributed by atoms with Crippen molar-refractivity contribution in [2.45, 2.75) is 17.3 Å². The van der Waals surface area contributed by atoms with E-state index in [4.69, 9.17) is 10.00 Å². The van der Waals surface area contributed by atoms with E-state index in [2.05, 4.69) is 15.9 Å². The van der Waals surface area contributed by atoms with Crippen LogP contribution in [0.15, 0.2) is 21.5 Å². The van der Waals surface area contributed by atoms with Crippen molar-refractivity contribution in [1.82, 2.24) is 0 Å². The third kappa shape index (κ3) is 4.44. The van der Waals surface area contributed by atoms with Gasteiger partial charge in [-0.2, -0.15) is 18.4 Å². The molecule has 0 spiro atoms. The summed E-state index contributed by atoms with van der Waals surface area (Å²) in [6, 6.07) is 3.92. The average molecular weight is 354 g/mol. The lowest BCUT2D eigenvalue weighted by molar-refractivity contribution is -0.0328. The Kier molecular flexibility index (Phi) is 5.26. The molecule has 0 atom stereocenters. The van der Waals surface area contributed by atoms with Crippen LogP contribution < -0.4 is 0 Å². The minimum atomic E-state index is -4.51. The Morgan fingerprint density at radius 2 is 2.16 bits per heavy atom. The third-order valence-electron chi connectivity index (χ3n) is 1.89. The van der Waals surface area contributed by atoms with Gasteiger partial charge in [0.25, 0.3) is 0 Å². The number of nitriles is 1. The Morgan fingerprint density at radius 1 is 1.53 bits per heavy atom. The van der Waals surface area contributed by atoms with Gasteiger partial charge in [-0.15, -0.1) is 0 Å². The Bertz CT molecular complexity index is 540. The zero-order valence-electron chi connectivity index (χ0n) is 9.55. The highest BCUT2D eigenvalue weighted by molar-refractivity contribution is 9.10. The first kappa shape index (κ1) is 15.9. The minimum absolute atomic E-state index is 0.0248. The van der Waals surface area contributed by atoms with Crippen molar-refractivity contribution < 1.29 is 22.7 Å². The van der Waals surface area contributed by atoms with Gasteiger partial charge >= 0.3 is 11.5 Å². The molecule has 102 valence electrons. The Morgan fingerprint density at radius 3 is 2.63 bits per heavy atom. The van der Waals surface area contributed by atoms with Crippen molar-refractivity contribution in [3.8, 4) is 6.07 Å². The fourth-order valence-corrected chi connectivity index (χ4v) is 2.53. The summed E-state index contributed by atoms with van der Waals surface area (Å²) in [6.07, 6.45) is 0. The predicted octanol–water partition coefficient (Wildman–Crippen LogP) is 4.11. The van der Waals surface area contributed by atoms with Crippen LogP contribution in [-0.4, -0.2) is 18.1 Å². The molecule has 0 saturated heterocycles. The zero-order chi connectivity index (χ0) is 14.6. The lowest BCUT2D eigenvalue weighted by Gasteiger charge is -2.11. The molecule has 19 heavy (non-hydrogen) atoms. The summed E-state index contributed by atoms with van der Waals surface area (Å²) in [5.74, 6) is -0.691. The number of thioether (sulfide) groups is 1. The molecular weight excluding hydrogens is 347 g/mol. The molecule has 0 fully saturated rings. The number of carbonyl (C=O) groups excluding carboxylic acids is 1. The monoisotopic (exact) mass is 353 g/mol. The van der Waals surface area contributed by atoms with Gasteiger partial charge in [0.2, 0.25) is 0 Å². The van der Waals surface area contributed by atoms with Gasteiger partial charge in [-0.1, -0.05) is 0 Å². The number of esters is 1. The zero-order valence-corrected chi connectivity index (χ0v) is 11.9. The van der Waals surface area contributed by atoms with E-state index in [0.717, 1.165) is 6.07 Å². The number of carbonyl (C=O) groups is 1. The number of nitrogens with zero attached hydrogens (tertiary/aromatic N) is 1. The first-order valence-corrected chi connectivity index (χ1v) is 6.56. The molecule has 0 heterocycles. The van der Waals surface area contributed by atoms with E-state index < -0.39 is 23.2 Å². The molecule has 1 aromatic carbocycles. The van der Waals surface area contributed by atoms with Gasteiger partial charge in [0, 0.05) is 9.37 Å². The van der Waals surface area contributed by atoms with Crippen molar-refractivity contribution in [3.63, 3.8) is 0 Å². The number of hydrogen-bond donors (Lipinski definition) is 0. The second-order valence-corrected chi connectivity index (χ2v) is 5.14. The maximum Gasteiger partial charge on any atom is 0.446 e. The van der Waals surface area contributed by atoms with E-state index in [-0.39, 0.29) is 27.1 Å². The highest BCUT2D eigenvalue weighted by Crippen LogP contribution is 2.42. The SMILES string of the molecule is CCOC(=O)c1cc(Br)c(SC(F)(F)F)c(C#N)c1. The van der Waals surface area contributed by atoms with Crippen LogP contribution in [0.3, 0.4) is 0 Å². The Balaban J connectivity index is 3.23. The summed E-state index contributed by atoms with van der Waals surface area (Å²) in [6.45, 7) is 1.74. The molecule has 0 unspecified atom stereocenters. The van der Waals surface area contributed by atoms with Crippen molar-refractivity contribution in [3.05, 3.63) is 27.7 Å². The van der Waals surface area contributed by atoms with Gasteiger partial charge in [-0.3, -0.25) is 0 Å². The van der Waals surface area contributed by atoms with E-state index in [0.29, 0.717) is 0 Å². The lowest BCUT2D eigenvalue weighted by atomic mass is 10.1. The van der Waals surface area contributed by atoms with E-state index in [1.165, 1.54) is 6.07 Å². The molecule has 0 N–H and O–H groups in total. The standard InChI is InChI=1S/C11H7BrF3NO2S/c1-2-18-10(17)6-3-7(5-16)9(8(12)4-6)19-11(13,14)15/h3-4H,2H2,1H3. The number of alkyl halides is 3. The number of rotatable bonds is 3. The van der Waals surface area contributed by atoms with Gasteiger partial charge in [-0.05, 0) is 46.7 Å². The van der Waals surface area contributed by atoms with Gasteiger partial charge in [0.1, 0.15) is 6.07 Å². The van der Waals surface area contributed by atoms with Gasteiger partial charge < -0.3 is 4.74 Å². The van der Waals surface area contributed by atoms with Crippen LogP contribution in [0.5, 0.6) is 0 Å². The second-order valence-electron chi connectivity index (χ2n) is 3.21. The summed E-state index contributed by atoms with van der Waals surface area (Å²) in [5, 5.41) is 8.87. The average Bonchev–Trinajstić information content (AvgIpc) is 2.30. The van der Waals surface area contributed by atoms with Crippen molar-refractivity contribution in [1.29, 1.82) is 5.26 Å². The number of benzene rings is 1. The molecule has 3 nitrogen and oxygen atoms in total. The van der Waals surface area contributed by atoms with E-state index in [1.807, 2.05) is 0 Å². The fourth-order valence-electron chi connectivity index (χ4n) is 1.23. The molecule has 0 radical (unpaired) electrons. The molecule has 0 bridgehead atoms. The van der Waals surface area contributed by atoms with Crippen molar-refractivity contribution in [2.75, 3.05) is 6.61 Å². The first-order valence-electron chi connectivity index (χ1n) is 4.95. The summed E-state index contributed by atoms with van der Waals surface area (Å²) in [5.41, 5.74) is -4.73. The maximum atomic E-state index is 12.4. The van der Waals surface area contributed by atoms with Gasteiger partial charge in [0.05, 0.1) is 17.7 Å². The van der Waals surface area contributed by atoms with Gasteiger partial charge in [0.15, 0.2) is 0 Å². The van der Waals surface area contributed by atoms with Crippen LogP contribution in [0.4, 0.5) is 13.2 Å². The van der Waals surface area contributed by atoms with Crippen LogP contribution in [-0.2, 0) is 4.74 Å². The molecule has 0 saturated carbocycles. The maximum absolute atomic E-state index is 12.4. The first-order chi connectivity index (χ1) is 8.78. The van der Waals surface area contributed by atoms with Crippen LogP contribution in [0.1, 0.15) is 22.8 Å². The minimum Gasteiger partial charge on any atom is -0.462 e. The number of ether oxygens (including phenoxy) is 1. The summed E-state index contributed by atoms with van der Waals surface area (Å²) >= 11 is 2.52. The van der Waals surface area contributed by atoms with E-state index >= 15 is 0 Å². The molecule has 0 aliphatic rings. The molecule has 0 aromatic heterocycles. The smallest absolute Gasteiger partial charge is 0.446 e. The quantitative estimate of drug-likeness (QED) is 0.606. The van der Waals surface area contributed by atoms with Crippen LogP contribution >= 0.6 is 27.7 Å². The lowest BCUT2D eigenvalue weighted by Crippen LogP contribution is -2.07.